The quantitative estimate of drug-likeness (QED) is 0.842. The van der Waals surface area contributed by atoms with Crippen LogP contribution in [0.3, 0.4) is 0 Å². The monoisotopic (exact) mass is 257 g/mol. The van der Waals surface area contributed by atoms with E-state index in [-0.39, 0.29) is 5.91 Å². The number of aliphatic hydroxyl groups excluding tert-OH is 1. The minimum atomic E-state index is -0.494. The highest BCUT2D eigenvalue weighted by molar-refractivity contribution is 6.05. The van der Waals surface area contributed by atoms with Gasteiger partial charge in [-0.25, -0.2) is 0 Å². The van der Waals surface area contributed by atoms with Crippen molar-refractivity contribution < 1.29 is 9.90 Å². The molecule has 2 aromatic rings. The molecule has 0 fully saturated rings. The molecule has 1 aliphatic rings. The summed E-state index contributed by atoms with van der Waals surface area (Å²) in [5, 5.41) is 14.0. The number of aryl methyl sites for hydroxylation is 1. The van der Waals surface area contributed by atoms with Crippen LogP contribution >= 0.6 is 0 Å². The Kier molecular flexibility index (Phi) is 2.83. The molecule has 5 nitrogen and oxygen atoms in total. The number of nitrogens with zero attached hydrogens (tertiary/aromatic N) is 3. The minimum Gasteiger partial charge on any atom is -0.388 e. The zero-order valence-electron chi connectivity index (χ0n) is 10.7. The van der Waals surface area contributed by atoms with E-state index in [1.807, 2.05) is 24.3 Å². The lowest BCUT2D eigenvalue weighted by Crippen LogP contribution is -2.37. The van der Waals surface area contributed by atoms with Crippen LogP contribution in [-0.4, -0.2) is 27.3 Å². The third kappa shape index (κ3) is 1.92. The fraction of sp³-hybridized carbons (Fsp3) is 0.286. The number of para-hydroxylation sites is 1. The van der Waals surface area contributed by atoms with Gasteiger partial charge in [0.2, 0.25) is 0 Å². The van der Waals surface area contributed by atoms with Crippen molar-refractivity contribution in [2.75, 3.05) is 11.4 Å². The Hall–Kier alpha value is -2.14. The van der Waals surface area contributed by atoms with Gasteiger partial charge in [-0.3, -0.25) is 9.48 Å². The van der Waals surface area contributed by atoms with Gasteiger partial charge in [-0.05, 0) is 18.6 Å². The van der Waals surface area contributed by atoms with Gasteiger partial charge in [0.1, 0.15) is 5.69 Å². The van der Waals surface area contributed by atoms with E-state index in [0.717, 1.165) is 11.3 Å². The number of rotatable bonds is 1. The first kappa shape index (κ1) is 11.9. The van der Waals surface area contributed by atoms with Crippen LogP contribution in [-0.2, 0) is 7.05 Å². The first-order valence-corrected chi connectivity index (χ1v) is 6.25. The maximum atomic E-state index is 12.5. The maximum Gasteiger partial charge on any atom is 0.276 e. The predicted molar refractivity (Wildman–Crippen MR) is 70.9 cm³/mol. The molecule has 1 N–H and O–H groups in total. The Morgan fingerprint density at radius 3 is 2.89 bits per heavy atom. The van der Waals surface area contributed by atoms with Crippen molar-refractivity contribution in [1.82, 2.24) is 9.78 Å². The van der Waals surface area contributed by atoms with Crippen LogP contribution in [0.5, 0.6) is 0 Å². The van der Waals surface area contributed by atoms with Crippen molar-refractivity contribution >= 4 is 11.6 Å². The van der Waals surface area contributed by atoms with Gasteiger partial charge in [-0.15, -0.1) is 0 Å². The topological polar surface area (TPSA) is 58.4 Å². The highest BCUT2D eigenvalue weighted by Crippen LogP contribution is 2.34. The fourth-order valence-electron chi connectivity index (χ4n) is 2.48. The molecule has 98 valence electrons. The van der Waals surface area contributed by atoms with E-state index in [4.69, 9.17) is 0 Å². The summed E-state index contributed by atoms with van der Waals surface area (Å²) < 4.78 is 1.57. The standard InChI is InChI=1S/C14H15N3O2/c1-16-12(6-8-15-16)14(19)17-9-7-13(18)10-4-2-3-5-11(10)17/h2-6,8,13,18H,7,9H2,1H3. The minimum absolute atomic E-state index is 0.0839. The van der Waals surface area contributed by atoms with Crippen molar-refractivity contribution in [3.05, 3.63) is 47.8 Å². The lowest BCUT2D eigenvalue weighted by molar-refractivity contribution is 0.0961. The van der Waals surface area contributed by atoms with E-state index < -0.39 is 6.10 Å². The summed E-state index contributed by atoms with van der Waals surface area (Å²) >= 11 is 0. The number of aromatic nitrogens is 2. The van der Waals surface area contributed by atoms with Crippen molar-refractivity contribution in [3.8, 4) is 0 Å². The van der Waals surface area contributed by atoms with Crippen molar-refractivity contribution in [1.29, 1.82) is 0 Å². The molecule has 0 saturated carbocycles. The van der Waals surface area contributed by atoms with Gasteiger partial charge in [-0.2, -0.15) is 5.10 Å². The molecule has 0 aliphatic carbocycles. The second-order valence-corrected chi connectivity index (χ2v) is 4.66. The van der Waals surface area contributed by atoms with Crippen molar-refractivity contribution in [2.45, 2.75) is 12.5 Å². The Morgan fingerprint density at radius 2 is 2.16 bits per heavy atom. The molecule has 0 bridgehead atoms. The van der Waals surface area contributed by atoms with E-state index in [9.17, 15) is 9.90 Å². The number of hydrogen-bond acceptors (Lipinski definition) is 3. The largest absolute Gasteiger partial charge is 0.388 e. The van der Waals surface area contributed by atoms with Crippen LogP contribution in [0.2, 0.25) is 0 Å². The summed E-state index contributed by atoms with van der Waals surface area (Å²) in [5.41, 5.74) is 2.14. The highest BCUT2D eigenvalue weighted by Gasteiger charge is 2.28. The third-order valence-electron chi connectivity index (χ3n) is 3.50. The summed E-state index contributed by atoms with van der Waals surface area (Å²) in [4.78, 5) is 14.2. The number of benzene rings is 1. The number of anilines is 1. The average molecular weight is 257 g/mol. The maximum absolute atomic E-state index is 12.5. The van der Waals surface area contributed by atoms with Gasteiger partial charge in [0.25, 0.3) is 5.91 Å². The molecular weight excluding hydrogens is 242 g/mol. The van der Waals surface area contributed by atoms with Gasteiger partial charge in [0.15, 0.2) is 0 Å². The summed E-state index contributed by atoms with van der Waals surface area (Å²) in [5.74, 6) is -0.0839. The summed E-state index contributed by atoms with van der Waals surface area (Å²) in [7, 11) is 1.75. The zero-order valence-corrected chi connectivity index (χ0v) is 10.7. The molecule has 3 rings (SSSR count). The van der Waals surface area contributed by atoms with Crippen LogP contribution in [0.25, 0.3) is 0 Å². The summed E-state index contributed by atoms with van der Waals surface area (Å²) in [6, 6.07) is 9.19. The number of hydrogen-bond donors (Lipinski definition) is 1. The average Bonchev–Trinajstić information content (AvgIpc) is 2.85. The number of carbonyl (C=O) groups excluding carboxylic acids is 1. The van der Waals surface area contributed by atoms with Gasteiger partial charge in [-0.1, -0.05) is 18.2 Å². The molecule has 1 aromatic heterocycles. The van der Waals surface area contributed by atoms with Crippen LogP contribution < -0.4 is 4.90 Å². The molecule has 1 amide bonds. The van der Waals surface area contributed by atoms with Crippen LogP contribution in [0.4, 0.5) is 5.69 Å². The van der Waals surface area contributed by atoms with E-state index in [1.165, 1.54) is 0 Å². The lowest BCUT2D eigenvalue weighted by Gasteiger charge is -2.32. The van der Waals surface area contributed by atoms with Crippen molar-refractivity contribution in [3.63, 3.8) is 0 Å². The van der Waals surface area contributed by atoms with E-state index in [0.29, 0.717) is 18.7 Å². The predicted octanol–water partition coefficient (Wildman–Crippen LogP) is 1.50. The highest BCUT2D eigenvalue weighted by atomic mass is 16.3. The molecule has 0 radical (unpaired) electrons. The Bertz CT molecular complexity index is 621. The van der Waals surface area contributed by atoms with E-state index >= 15 is 0 Å². The molecule has 0 saturated heterocycles. The molecular formula is C14H15N3O2. The molecule has 5 heteroatoms. The van der Waals surface area contributed by atoms with Gasteiger partial charge in [0, 0.05) is 31.0 Å². The second-order valence-electron chi connectivity index (χ2n) is 4.66. The fourth-order valence-corrected chi connectivity index (χ4v) is 2.48. The van der Waals surface area contributed by atoms with Gasteiger partial charge >= 0.3 is 0 Å². The summed E-state index contributed by atoms with van der Waals surface area (Å²) in [6.07, 6.45) is 1.67. The Balaban J connectivity index is 2.01. The van der Waals surface area contributed by atoms with Gasteiger partial charge < -0.3 is 10.0 Å². The molecule has 0 spiro atoms. The Morgan fingerprint density at radius 1 is 1.37 bits per heavy atom. The van der Waals surface area contributed by atoms with E-state index in [1.54, 1.807) is 28.9 Å². The second kappa shape index (κ2) is 4.51. The zero-order chi connectivity index (χ0) is 13.4. The smallest absolute Gasteiger partial charge is 0.276 e. The molecule has 1 unspecified atom stereocenters. The normalized spacial score (nSPS) is 18.2. The van der Waals surface area contributed by atoms with Crippen LogP contribution in [0, 0.1) is 0 Å². The van der Waals surface area contributed by atoms with Gasteiger partial charge in [0.05, 0.1) is 6.10 Å². The molecule has 2 heterocycles. The molecule has 1 aliphatic heterocycles. The number of fused-ring (bicyclic) bond motifs is 1. The van der Waals surface area contributed by atoms with Crippen molar-refractivity contribution in [2.24, 2.45) is 7.05 Å². The Labute approximate surface area is 111 Å². The third-order valence-corrected chi connectivity index (χ3v) is 3.50. The first-order valence-electron chi connectivity index (χ1n) is 6.25. The molecule has 19 heavy (non-hydrogen) atoms. The lowest BCUT2D eigenvalue weighted by atomic mass is 9.98. The molecule has 1 aromatic carbocycles. The van der Waals surface area contributed by atoms with Crippen LogP contribution in [0.15, 0.2) is 36.5 Å². The first-order chi connectivity index (χ1) is 9.18. The number of carbonyl (C=O) groups is 1. The SMILES string of the molecule is Cn1nccc1C(=O)N1CCC(O)c2ccccc21. The molecule has 1 atom stereocenters. The number of aliphatic hydroxyl groups is 1. The number of amides is 1. The van der Waals surface area contributed by atoms with E-state index in [2.05, 4.69) is 5.10 Å². The van der Waals surface area contributed by atoms with Crippen LogP contribution in [0.1, 0.15) is 28.6 Å². The summed E-state index contributed by atoms with van der Waals surface area (Å²) in [6.45, 7) is 0.516.